The average Bonchev–Trinajstić information content (AvgIpc) is 1.96. The van der Waals surface area contributed by atoms with Gasteiger partial charge in [-0.2, -0.15) is 0 Å². The van der Waals surface area contributed by atoms with Crippen LogP contribution in [0.15, 0.2) is 0 Å². The molecule has 0 radical (unpaired) electrons. The van der Waals surface area contributed by atoms with Crippen LogP contribution in [-0.4, -0.2) is 26.3 Å². The smallest absolute Gasteiger partial charge is 0.482 e. The summed E-state index contributed by atoms with van der Waals surface area (Å²) in [5.74, 6) is 0.388. The zero-order valence-electron chi connectivity index (χ0n) is 6.48. The molecule has 0 N–H and O–H groups in total. The summed E-state index contributed by atoms with van der Waals surface area (Å²) in [6.07, 6.45) is 0.143. The maximum atomic E-state index is 11.7. The lowest BCUT2D eigenvalue weighted by atomic mass is 10.6. The van der Waals surface area contributed by atoms with Gasteiger partial charge in [-0.05, 0) is 18.6 Å². The second-order valence-electron chi connectivity index (χ2n) is 2.02. The van der Waals surface area contributed by atoms with Gasteiger partial charge in [-0.25, -0.2) is 12.3 Å². The van der Waals surface area contributed by atoms with Gasteiger partial charge >= 0.3 is 9.08 Å². The Labute approximate surface area is 80.2 Å². The highest BCUT2D eigenvalue weighted by molar-refractivity contribution is 8.22. The van der Waals surface area contributed by atoms with Gasteiger partial charge in [0, 0.05) is 11.8 Å². The largest absolute Gasteiger partial charge is 0.616 e. The third-order valence-electron chi connectivity index (χ3n) is 0.991. The number of thiocarbonyl (C=S) groups is 1. The van der Waals surface area contributed by atoms with Crippen molar-refractivity contribution in [2.24, 2.45) is 0 Å². The summed E-state index contributed by atoms with van der Waals surface area (Å²) < 4.78 is 40.1. The molecule has 12 heavy (non-hydrogen) atoms. The van der Waals surface area contributed by atoms with Gasteiger partial charge in [0.25, 0.3) is 0 Å². The van der Waals surface area contributed by atoms with Crippen molar-refractivity contribution in [3.8, 4) is 0 Å². The van der Waals surface area contributed by atoms with E-state index in [9.17, 15) is 12.3 Å². The molecular formula is C5H9F3OS2Si. The van der Waals surface area contributed by atoms with Crippen LogP contribution in [0.25, 0.3) is 0 Å². The Morgan fingerprint density at radius 2 is 2.08 bits per heavy atom. The predicted molar refractivity (Wildman–Crippen MR) is 50.6 cm³/mol. The van der Waals surface area contributed by atoms with E-state index in [0.29, 0.717) is 10.1 Å². The fraction of sp³-hybridized carbons (Fsp3) is 0.800. The first-order valence-electron chi connectivity index (χ1n) is 3.23. The van der Waals surface area contributed by atoms with E-state index in [1.54, 1.807) is 0 Å². The van der Waals surface area contributed by atoms with Crippen LogP contribution in [0.5, 0.6) is 0 Å². The van der Waals surface area contributed by atoms with Crippen molar-refractivity contribution >= 4 is 37.4 Å². The number of thioether (sulfide) groups is 1. The maximum absolute atomic E-state index is 11.7. The molecule has 72 valence electrons. The first-order valence-corrected chi connectivity index (χ1v) is 6.46. The Bertz CT molecular complexity index is 150. The molecule has 0 aromatic heterocycles. The van der Waals surface area contributed by atoms with Crippen LogP contribution < -0.4 is 0 Å². The molecule has 0 aromatic rings. The van der Waals surface area contributed by atoms with Crippen LogP contribution in [0.2, 0.25) is 6.04 Å². The summed E-state index contributed by atoms with van der Waals surface area (Å²) in [7, 11) is -3.93. The van der Waals surface area contributed by atoms with Crippen LogP contribution in [0.4, 0.5) is 12.3 Å². The van der Waals surface area contributed by atoms with Crippen LogP contribution in [0.3, 0.4) is 0 Å². The molecule has 0 fully saturated rings. The van der Waals surface area contributed by atoms with Crippen molar-refractivity contribution in [1.82, 2.24) is 0 Å². The fourth-order valence-electron chi connectivity index (χ4n) is 0.487. The molecule has 0 aliphatic rings. The van der Waals surface area contributed by atoms with Gasteiger partial charge in [0.1, 0.15) is 0 Å². The summed E-state index contributed by atoms with van der Waals surface area (Å²) in [5.41, 5.74) is 0. The molecule has 7 heteroatoms. The zero-order valence-corrected chi connectivity index (χ0v) is 9.11. The molecule has 0 unspecified atom stereocenters. The number of hydrogen-bond donors (Lipinski definition) is 0. The van der Waals surface area contributed by atoms with Crippen LogP contribution in [-0.2, 0) is 4.74 Å². The number of hydrogen-bond acceptors (Lipinski definition) is 3. The molecule has 0 aliphatic heterocycles. The molecular weight excluding hydrogens is 225 g/mol. The van der Waals surface area contributed by atoms with E-state index in [0.717, 1.165) is 11.8 Å². The summed E-state index contributed by atoms with van der Waals surface area (Å²) in [5, 5.41) is 0. The van der Waals surface area contributed by atoms with Gasteiger partial charge < -0.3 is 4.74 Å². The Balaban J connectivity index is 3.28. The number of methoxy groups -OCH3 is 1. The van der Waals surface area contributed by atoms with E-state index in [2.05, 4.69) is 17.0 Å². The summed E-state index contributed by atoms with van der Waals surface area (Å²) in [6, 6.07) is -0.619. The Morgan fingerprint density at radius 3 is 2.50 bits per heavy atom. The second-order valence-corrected chi connectivity index (χ2v) is 5.45. The van der Waals surface area contributed by atoms with Gasteiger partial charge in [0.15, 0.2) is 0 Å². The quantitative estimate of drug-likeness (QED) is 0.320. The lowest BCUT2D eigenvalue weighted by Crippen LogP contribution is -2.14. The van der Waals surface area contributed by atoms with E-state index < -0.39 is 15.1 Å². The fourth-order valence-corrected chi connectivity index (χ4v) is 2.14. The average molecular weight is 234 g/mol. The molecule has 0 rings (SSSR count). The minimum atomic E-state index is -5.34. The summed E-state index contributed by atoms with van der Waals surface area (Å²) in [4.78, 5) is 0. The predicted octanol–water partition coefficient (Wildman–Crippen LogP) is 2.89. The van der Waals surface area contributed by atoms with Gasteiger partial charge in [-0.1, -0.05) is 11.8 Å². The molecule has 0 saturated heterocycles. The van der Waals surface area contributed by atoms with Crippen LogP contribution >= 0.6 is 24.0 Å². The molecule has 0 aromatic carbocycles. The van der Waals surface area contributed by atoms with Crippen molar-refractivity contribution in [3.05, 3.63) is 0 Å². The van der Waals surface area contributed by atoms with E-state index in [1.807, 2.05) is 0 Å². The van der Waals surface area contributed by atoms with E-state index >= 15 is 0 Å². The van der Waals surface area contributed by atoms with Gasteiger partial charge in [-0.3, -0.25) is 0 Å². The number of ether oxygens (including phenoxy) is 1. The molecule has 1 nitrogen and oxygen atoms in total. The second kappa shape index (κ2) is 5.82. The van der Waals surface area contributed by atoms with E-state index in [1.165, 1.54) is 7.11 Å². The van der Waals surface area contributed by atoms with Crippen molar-refractivity contribution in [2.75, 3.05) is 12.9 Å². The number of halogens is 3. The minimum absolute atomic E-state index is 0.143. The Kier molecular flexibility index (Phi) is 5.94. The first kappa shape index (κ1) is 12.2. The van der Waals surface area contributed by atoms with Crippen molar-refractivity contribution in [1.29, 1.82) is 0 Å². The highest BCUT2D eigenvalue weighted by Gasteiger charge is 2.35. The molecule has 0 bridgehead atoms. The molecule has 0 spiro atoms. The van der Waals surface area contributed by atoms with Crippen molar-refractivity contribution in [2.45, 2.75) is 12.5 Å². The minimum Gasteiger partial charge on any atom is -0.482 e. The number of rotatable bonds is 4. The van der Waals surface area contributed by atoms with Gasteiger partial charge in [0.2, 0.25) is 4.38 Å². The monoisotopic (exact) mass is 234 g/mol. The Hall–Kier alpha value is 0.247. The van der Waals surface area contributed by atoms with Gasteiger partial charge in [0.05, 0.1) is 7.11 Å². The standard InChI is InChI=1S/C5H9F3OS2Si/c1-9-5(10)11-3-2-4-12(6,7)8/h2-4H2,1H3. The van der Waals surface area contributed by atoms with E-state index in [-0.39, 0.29) is 6.42 Å². The maximum Gasteiger partial charge on any atom is 0.616 e. The molecule has 0 saturated carbocycles. The molecule has 0 heterocycles. The molecule has 0 aliphatic carbocycles. The molecule has 0 atom stereocenters. The topological polar surface area (TPSA) is 9.23 Å². The van der Waals surface area contributed by atoms with Crippen molar-refractivity contribution < 1.29 is 17.1 Å². The van der Waals surface area contributed by atoms with Crippen LogP contribution in [0, 0.1) is 0 Å². The lowest BCUT2D eigenvalue weighted by molar-refractivity contribution is 0.426. The lowest BCUT2D eigenvalue weighted by Gasteiger charge is -2.02. The SMILES string of the molecule is COC(=S)SCCC[Si](F)(F)F. The van der Waals surface area contributed by atoms with Gasteiger partial charge in [-0.15, -0.1) is 0 Å². The normalized spacial score (nSPS) is 11.3. The zero-order chi connectivity index (χ0) is 9.61. The van der Waals surface area contributed by atoms with E-state index in [4.69, 9.17) is 0 Å². The molecule has 0 amide bonds. The van der Waals surface area contributed by atoms with Crippen LogP contribution in [0.1, 0.15) is 6.42 Å². The summed E-state index contributed by atoms with van der Waals surface area (Å²) in [6.45, 7) is 0. The van der Waals surface area contributed by atoms with Crippen molar-refractivity contribution in [3.63, 3.8) is 0 Å². The Morgan fingerprint density at radius 1 is 1.50 bits per heavy atom. The first-order chi connectivity index (χ1) is 5.45. The summed E-state index contributed by atoms with van der Waals surface area (Å²) >= 11 is 5.78. The highest BCUT2D eigenvalue weighted by atomic mass is 32.2. The highest BCUT2D eigenvalue weighted by Crippen LogP contribution is 2.19. The third-order valence-corrected chi connectivity index (χ3v) is 3.33. The third kappa shape index (κ3) is 8.34.